The number of oxime groups is 1. The minimum absolute atomic E-state index is 0.900. The van der Waals surface area contributed by atoms with Crippen LogP contribution in [0.4, 0.5) is 0 Å². The molecule has 0 aromatic rings. The largest absolute Gasteiger partial charge is 0.411 e. The van der Waals surface area contributed by atoms with E-state index >= 15 is 0 Å². The Bertz CT molecular complexity index is 75.5. The molecule has 0 saturated carbocycles. The zero-order valence-corrected chi connectivity index (χ0v) is 6.52. The molecule has 0 rings (SSSR count). The van der Waals surface area contributed by atoms with Gasteiger partial charge in [-0.2, -0.15) is 11.8 Å². The average molecular weight is 147 g/mol. The first-order valence-electron chi connectivity index (χ1n) is 3.06. The molecule has 0 fully saturated rings. The normalized spacial score (nSPS) is 10.8. The summed E-state index contributed by atoms with van der Waals surface area (Å²) < 4.78 is 0. The molecule has 1 N–H and O–H groups in total. The van der Waals surface area contributed by atoms with Gasteiger partial charge in [-0.1, -0.05) is 0 Å². The molecule has 0 amide bonds. The summed E-state index contributed by atoms with van der Waals surface area (Å²) in [6, 6.07) is 0. The summed E-state index contributed by atoms with van der Waals surface area (Å²) in [6.45, 7) is 0. The Labute approximate surface area is 60.3 Å². The molecule has 3 heteroatoms. The summed E-state index contributed by atoms with van der Waals surface area (Å²) in [5, 5.41) is 10.9. The first-order valence-corrected chi connectivity index (χ1v) is 4.46. The van der Waals surface area contributed by atoms with E-state index < -0.39 is 0 Å². The maximum Gasteiger partial charge on any atom is 0.0435 e. The first-order chi connectivity index (χ1) is 4.41. The Morgan fingerprint density at radius 2 is 2.33 bits per heavy atom. The fourth-order valence-electron chi connectivity index (χ4n) is 0.540. The highest BCUT2D eigenvalue weighted by Crippen LogP contribution is 2.00. The lowest BCUT2D eigenvalue weighted by atomic mass is 10.3. The zero-order chi connectivity index (χ0) is 6.95. The van der Waals surface area contributed by atoms with Crippen LogP contribution in [0.15, 0.2) is 5.16 Å². The van der Waals surface area contributed by atoms with Gasteiger partial charge in [0.2, 0.25) is 0 Å². The molecule has 0 radical (unpaired) electrons. The van der Waals surface area contributed by atoms with Crippen LogP contribution in [0.5, 0.6) is 0 Å². The molecule has 0 aliphatic carbocycles. The Hall–Kier alpha value is -0.180. The highest BCUT2D eigenvalue weighted by atomic mass is 32.2. The number of hydrogen-bond donors (Lipinski definition) is 1. The van der Waals surface area contributed by atoms with Crippen LogP contribution in [0.2, 0.25) is 0 Å². The monoisotopic (exact) mass is 147 g/mol. The van der Waals surface area contributed by atoms with E-state index in [1.54, 1.807) is 6.21 Å². The molecule has 54 valence electrons. The molecule has 0 aliphatic rings. The third kappa shape index (κ3) is 7.82. The van der Waals surface area contributed by atoms with Crippen LogP contribution in [-0.2, 0) is 0 Å². The fraction of sp³-hybridized carbons (Fsp3) is 0.833. The van der Waals surface area contributed by atoms with Gasteiger partial charge in [-0.25, -0.2) is 0 Å². The quantitative estimate of drug-likeness (QED) is 0.279. The van der Waals surface area contributed by atoms with Crippen molar-refractivity contribution in [3.05, 3.63) is 0 Å². The number of thioether (sulfide) groups is 1. The van der Waals surface area contributed by atoms with E-state index in [0.717, 1.165) is 12.8 Å². The number of nitrogens with zero attached hydrogens (tertiary/aromatic N) is 1. The SMILES string of the molecule is CSCCCC/C=N\O. The van der Waals surface area contributed by atoms with Crippen molar-refractivity contribution in [1.29, 1.82) is 0 Å². The Morgan fingerprint density at radius 1 is 1.56 bits per heavy atom. The van der Waals surface area contributed by atoms with Crippen LogP contribution in [0.3, 0.4) is 0 Å². The molecule has 0 aliphatic heterocycles. The van der Waals surface area contributed by atoms with Gasteiger partial charge in [-0.3, -0.25) is 0 Å². The number of hydrogen-bond acceptors (Lipinski definition) is 3. The molecule has 0 aromatic carbocycles. The third-order valence-corrected chi connectivity index (χ3v) is 1.71. The summed E-state index contributed by atoms with van der Waals surface area (Å²) in [4.78, 5) is 0. The van der Waals surface area contributed by atoms with Gasteiger partial charge >= 0.3 is 0 Å². The minimum atomic E-state index is 0.900. The topological polar surface area (TPSA) is 32.6 Å². The molecule has 0 aromatic heterocycles. The van der Waals surface area contributed by atoms with E-state index in [1.807, 2.05) is 11.8 Å². The van der Waals surface area contributed by atoms with E-state index in [-0.39, 0.29) is 0 Å². The predicted molar refractivity (Wildman–Crippen MR) is 42.5 cm³/mol. The van der Waals surface area contributed by atoms with Gasteiger partial charge in [0.15, 0.2) is 0 Å². The Balaban J connectivity index is 2.75. The lowest BCUT2D eigenvalue weighted by Crippen LogP contribution is -1.80. The standard InChI is InChI=1S/C6H13NOS/c1-9-6-4-2-3-5-7-8/h5,8H,2-4,6H2,1H3/b7-5-. The summed E-state index contributed by atoms with van der Waals surface area (Å²) in [7, 11) is 0. The summed E-state index contributed by atoms with van der Waals surface area (Å²) in [6.07, 6.45) is 6.88. The maximum atomic E-state index is 7.99. The molecular formula is C6H13NOS. The second-order valence-electron chi connectivity index (χ2n) is 1.79. The predicted octanol–water partition coefficient (Wildman–Crippen LogP) is 1.98. The van der Waals surface area contributed by atoms with E-state index in [2.05, 4.69) is 11.4 Å². The van der Waals surface area contributed by atoms with Gasteiger partial charge in [0.25, 0.3) is 0 Å². The van der Waals surface area contributed by atoms with E-state index in [9.17, 15) is 0 Å². The van der Waals surface area contributed by atoms with Crippen LogP contribution < -0.4 is 0 Å². The molecule has 0 spiro atoms. The van der Waals surface area contributed by atoms with Crippen LogP contribution in [0.1, 0.15) is 19.3 Å². The highest BCUT2D eigenvalue weighted by molar-refractivity contribution is 7.98. The van der Waals surface area contributed by atoms with Crippen molar-refractivity contribution in [1.82, 2.24) is 0 Å². The van der Waals surface area contributed by atoms with Crippen molar-refractivity contribution >= 4 is 18.0 Å². The Kier molecular flexibility index (Phi) is 7.66. The molecule has 0 heterocycles. The van der Waals surface area contributed by atoms with Gasteiger partial charge in [-0.15, -0.1) is 5.16 Å². The zero-order valence-electron chi connectivity index (χ0n) is 5.71. The van der Waals surface area contributed by atoms with E-state index in [4.69, 9.17) is 5.21 Å². The average Bonchev–Trinajstić information content (AvgIpc) is 1.89. The van der Waals surface area contributed by atoms with Gasteiger partial charge in [0.1, 0.15) is 0 Å². The molecule has 0 saturated heterocycles. The van der Waals surface area contributed by atoms with Crippen molar-refractivity contribution in [2.75, 3.05) is 12.0 Å². The second kappa shape index (κ2) is 7.82. The van der Waals surface area contributed by atoms with Gasteiger partial charge in [0.05, 0.1) is 0 Å². The lowest BCUT2D eigenvalue weighted by Gasteiger charge is -1.91. The molecule has 9 heavy (non-hydrogen) atoms. The molecule has 0 unspecified atom stereocenters. The molecule has 2 nitrogen and oxygen atoms in total. The van der Waals surface area contributed by atoms with Crippen LogP contribution >= 0.6 is 11.8 Å². The van der Waals surface area contributed by atoms with Crippen molar-refractivity contribution in [2.45, 2.75) is 19.3 Å². The van der Waals surface area contributed by atoms with Crippen molar-refractivity contribution in [3.8, 4) is 0 Å². The third-order valence-electron chi connectivity index (χ3n) is 1.01. The Morgan fingerprint density at radius 3 is 2.89 bits per heavy atom. The van der Waals surface area contributed by atoms with Gasteiger partial charge < -0.3 is 5.21 Å². The molecular weight excluding hydrogens is 134 g/mol. The van der Waals surface area contributed by atoms with E-state index in [0.29, 0.717) is 0 Å². The lowest BCUT2D eigenvalue weighted by molar-refractivity contribution is 0.320. The second-order valence-corrected chi connectivity index (χ2v) is 2.77. The van der Waals surface area contributed by atoms with E-state index in [1.165, 1.54) is 12.2 Å². The summed E-state index contributed by atoms with van der Waals surface area (Å²) >= 11 is 1.85. The van der Waals surface area contributed by atoms with Gasteiger partial charge in [-0.05, 0) is 31.3 Å². The smallest absolute Gasteiger partial charge is 0.0435 e. The van der Waals surface area contributed by atoms with Crippen molar-refractivity contribution in [3.63, 3.8) is 0 Å². The van der Waals surface area contributed by atoms with Crippen LogP contribution in [0.25, 0.3) is 0 Å². The first kappa shape index (κ1) is 8.82. The maximum absolute atomic E-state index is 7.99. The highest BCUT2D eigenvalue weighted by Gasteiger charge is 1.83. The minimum Gasteiger partial charge on any atom is -0.411 e. The number of unbranched alkanes of at least 4 members (excludes halogenated alkanes) is 2. The fourth-order valence-corrected chi connectivity index (χ4v) is 1.03. The molecule has 0 atom stereocenters. The number of rotatable bonds is 5. The van der Waals surface area contributed by atoms with Crippen LogP contribution in [0, 0.1) is 0 Å². The van der Waals surface area contributed by atoms with Gasteiger partial charge in [0, 0.05) is 6.21 Å². The van der Waals surface area contributed by atoms with Crippen LogP contribution in [-0.4, -0.2) is 23.4 Å². The molecule has 0 bridgehead atoms. The van der Waals surface area contributed by atoms with Crippen molar-refractivity contribution in [2.24, 2.45) is 5.16 Å². The van der Waals surface area contributed by atoms with Crippen molar-refractivity contribution < 1.29 is 5.21 Å². The summed E-state index contributed by atoms with van der Waals surface area (Å²) in [5.74, 6) is 1.21. The summed E-state index contributed by atoms with van der Waals surface area (Å²) in [5.41, 5.74) is 0.